The number of halogens is 3. The first-order valence-corrected chi connectivity index (χ1v) is 9.30. The van der Waals surface area contributed by atoms with Crippen molar-refractivity contribution in [2.24, 2.45) is 7.05 Å². The van der Waals surface area contributed by atoms with Crippen molar-refractivity contribution in [1.82, 2.24) is 18.9 Å². The van der Waals surface area contributed by atoms with Crippen LogP contribution >= 0.6 is 0 Å². The highest BCUT2D eigenvalue weighted by molar-refractivity contribution is 5.64. The predicted molar refractivity (Wildman–Crippen MR) is 110 cm³/mol. The monoisotopic (exact) mass is 426 g/mol. The molecule has 0 bridgehead atoms. The maximum Gasteiger partial charge on any atom is 0.416 e. The van der Waals surface area contributed by atoms with Crippen molar-refractivity contribution in [3.63, 3.8) is 0 Å². The van der Waals surface area contributed by atoms with E-state index in [1.165, 1.54) is 32.3 Å². The topological polar surface area (TPSA) is 61.8 Å². The SMILES string of the molecule is Cc1c(-c2ccnn2-c2ccccc2)c(=O)n(C)c(=O)n1-c1cccc(C(F)(F)F)c1. The van der Waals surface area contributed by atoms with Gasteiger partial charge < -0.3 is 0 Å². The summed E-state index contributed by atoms with van der Waals surface area (Å²) in [6.07, 6.45) is -3.05. The summed E-state index contributed by atoms with van der Waals surface area (Å²) in [5.74, 6) is 0. The number of aromatic nitrogens is 4. The second kappa shape index (κ2) is 7.42. The van der Waals surface area contributed by atoms with Crippen molar-refractivity contribution in [3.05, 3.63) is 99.0 Å². The van der Waals surface area contributed by atoms with E-state index in [1.807, 2.05) is 18.2 Å². The number of para-hydroxylation sites is 1. The van der Waals surface area contributed by atoms with Crippen LogP contribution in [-0.2, 0) is 13.2 Å². The number of nitrogens with zero attached hydrogens (tertiary/aromatic N) is 4. The predicted octanol–water partition coefficient (Wildman–Crippen LogP) is 3.72. The van der Waals surface area contributed by atoms with Crippen molar-refractivity contribution < 1.29 is 13.2 Å². The molecule has 0 aliphatic carbocycles. The molecule has 0 spiro atoms. The molecule has 0 fully saturated rings. The zero-order chi connectivity index (χ0) is 22.3. The van der Waals surface area contributed by atoms with Crippen LogP contribution in [0.5, 0.6) is 0 Å². The maximum atomic E-state index is 13.2. The second-order valence-corrected chi connectivity index (χ2v) is 6.95. The van der Waals surface area contributed by atoms with Crippen LogP contribution in [0.2, 0.25) is 0 Å². The smallest absolute Gasteiger partial charge is 0.268 e. The Bertz CT molecular complexity index is 1380. The van der Waals surface area contributed by atoms with Crippen molar-refractivity contribution >= 4 is 0 Å². The number of benzene rings is 2. The molecule has 2 heterocycles. The van der Waals surface area contributed by atoms with E-state index in [-0.39, 0.29) is 16.9 Å². The van der Waals surface area contributed by atoms with Gasteiger partial charge in [-0.05, 0) is 43.3 Å². The minimum absolute atomic E-state index is 0.0138. The Kier molecular flexibility index (Phi) is 4.88. The Labute approximate surface area is 174 Å². The van der Waals surface area contributed by atoms with Crippen molar-refractivity contribution in [2.75, 3.05) is 0 Å². The van der Waals surface area contributed by atoms with Crippen molar-refractivity contribution in [1.29, 1.82) is 0 Å². The molecule has 0 unspecified atom stereocenters. The summed E-state index contributed by atoms with van der Waals surface area (Å²) in [6.45, 7) is 1.53. The van der Waals surface area contributed by atoms with E-state index in [2.05, 4.69) is 5.10 Å². The van der Waals surface area contributed by atoms with Crippen molar-refractivity contribution in [3.8, 4) is 22.6 Å². The first-order chi connectivity index (χ1) is 14.7. The molecule has 9 heteroatoms. The van der Waals surface area contributed by atoms with Gasteiger partial charge in [-0.25, -0.2) is 9.48 Å². The van der Waals surface area contributed by atoms with Gasteiger partial charge in [-0.2, -0.15) is 18.3 Å². The third-order valence-corrected chi connectivity index (χ3v) is 5.03. The molecule has 0 radical (unpaired) electrons. The number of alkyl halides is 3. The van der Waals surface area contributed by atoms with E-state index >= 15 is 0 Å². The molecule has 0 amide bonds. The van der Waals surface area contributed by atoms with Gasteiger partial charge in [-0.3, -0.25) is 13.9 Å². The van der Waals surface area contributed by atoms with Crippen LogP contribution in [0.15, 0.2) is 76.4 Å². The zero-order valence-electron chi connectivity index (χ0n) is 16.6. The van der Waals surface area contributed by atoms with Crippen LogP contribution in [0.4, 0.5) is 13.2 Å². The summed E-state index contributed by atoms with van der Waals surface area (Å²) in [5, 5.41) is 4.28. The average Bonchev–Trinajstić information content (AvgIpc) is 3.22. The highest BCUT2D eigenvalue weighted by Crippen LogP contribution is 2.31. The van der Waals surface area contributed by atoms with Gasteiger partial charge in [0.25, 0.3) is 5.56 Å². The highest BCUT2D eigenvalue weighted by atomic mass is 19.4. The Morgan fingerprint density at radius 3 is 2.26 bits per heavy atom. The summed E-state index contributed by atoms with van der Waals surface area (Å²) < 4.78 is 43.2. The maximum absolute atomic E-state index is 13.2. The van der Waals surface area contributed by atoms with Gasteiger partial charge in [-0.1, -0.05) is 24.3 Å². The molecular weight excluding hydrogens is 409 g/mol. The summed E-state index contributed by atoms with van der Waals surface area (Å²) in [6, 6.07) is 15.1. The minimum atomic E-state index is -4.57. The quantitative estimate of drug-likeness (QED) is 0.502. The second-order valence-electron chi connectivity index (χ2n) is 6.95. The first kappa shape index (κ1) is 20.4. The molecule has 2 aromatic heterocycles. The largest absolute Gasteiger partial charge is 0.416 e. The van der Waals surface area contributed by atoms with Gasteiger partial charge in [0.15, 0.2) is 0 Å². The minimum Gasteiger partial charge on any atom is -0.268 e. The molecule has 0 saturated carbocycles. The van der Waals surface area contributed by atoms with Gasteiger partial charge in [0.2, 0.25) is 0 Å². The van der Waals surface area contributed by atoms with E-state index in [9.17, 15) is 22.8 Å². The fourth-order valence-corrected chi connectivity index (χ4v) is 3.50. The van der Waals surface area contributed by atoms with Crippen LogP contribution in [0.3, 0.4) is 0 Å². The molecular formula is C22H17F3N4O2. The number of hydrogen-bond donors (Lipinski definition) is 0. The van der Waals surface area contributed by atoms with Crippen LogP contribution in [0.1, 0.15) is 11.3 Å². The molecule has 158 valence electrons. The van der Waals surface area contributed by atoms with Gasteiger partial charge in [0.05, 0.1) is 34.4 Å². The molecule has 0 N–H and O–H groups in total. The van der Waals surface area contributed by atoms with Crippen LogP contribution in [0.25, 0.3) is 22.6 Å². The molecule has 0 atom stereocenters. The lowest BCUT2D eigenvalue weighted by Gasteiger charge is -2.17. The molecule has 6 nitrogen and oxygen atoms in total. The third-order valence-electron chi connectivity index (χ3n) is 5.03. The Morgan fingerprint density at radius 1 is 0.903 bits per heavy atom. The van der Waals surface area contributed by atoms with E-state index in [0.717, 1.165) is 21.3 Å². The van der Waals surface area contributed by atoms with Crippen LogP contribution in [0, 0.1) is 6.92 Å². The normalized spacial score (nSPS) is 11.6. The lowest BCUT2D eigenvalue weighted by molar-refractivity contribution is -0.137. The molecule has 0 aliphatic rings. The van der Waals surface area contributed by atoms with E-state index in [4.69, 9.17) is 0 Å². The number of hydrogen-bond acceptors (Lipinski definition) is 3. The molecule has 4 rings (SSSR count). The lowest BCUT2D eigenvalue weighted by atomic mass is 10.1. The van der Waals surface area contributed by atoms with E-state index in [1.54, 1.807) is 22.9 Å². The summed E-state index contributed by atoms with van der Waals surface area (Å²) in [5.41, 5.74) is -0.683. The zero-order valence-corrected chi connectivity index (χ0v) is 16.6. The van der Waals surface area contributed by atoms with Crippen LogP contribution in [-0.4, -0.2) is 18.9 Å². The Morgan fingerprint density at radius 2 is 1.58 bits per heavy atom. The average molecular weight is 426 g/mol. The molecule has 0 saturated heterocycles. The third kappa shape index (κ3) is 3.48. The standard InChI is InChI=1S/C22H17F3N4O2/c1-14-19(18-11-12-26-29(18)16-8-4-3-5-9-16)20(30)27(2)21(31)28(14)17-10-6-7-15(13-17)22(23,24)25/h3-13H,1-2H3. The van der Waals surface area contributed by atoms with Gasteiger partial charge in [0.1, 0.15) is 0 Å². The molecule has 2 aromatic carbocycles. The Hall–Kier alpha value is -3.88. The van der Waals surface area contributed by atoms with E-state index < -0.39 is 23.0 Å². The highest BCUT2D eigenvalue weighted by Gasteiger charge is 2.31. The first-order valence-electron chi connectivity index (χ1n) is 9.30. The molecule has 31 heavy (non-hydrogen) atoms. The lowest BCUT2D eigenvalue weighted by Crippen LogP contribution is -2.40. The summed E-state index contributed by atoms with van der Waals surface area (Å²) in [4.78, 5) is 25.9. The fraction of sp³-hybridized carbons (Fsp3) is 0.136. The summed E-state index contributed by atoms with van der Waals surface area (Å²) in [7, 11) is 1.29. The van der Waals surface area contributed by atoms with Gasteiger partial charge >= 0.3 is 11.9 Å². The number of rotatable bonds is 3. The van der Waals surface area contributed by atoms with Gasteiger partial charge in [-0.15, -0.1) is 0 Å². The summed E-state index contributed by atoms with van der Waals surface area (Å²) >= 11 is 0. The molecule has 0 aliphatic heterocycles. The van der Waals surface area contributed by atoms with Crippen LogP contribution < -0.4 is 11.2 Å². The van der Waals surface area contributed by atoms with E-state index in [0.29, 0.717) is 11.4 Å². The fourth-order valence-electron chi connectivity index (χ4n) is 3.50. The van der Waals surface area contributed by atoms with Gasteiger partial charge in [0, 0.05) is 12.7 Å². The van der Waals surface area contributed by atoms with Crippen molar-refractivity contribution in [2.45, 2.75) is 13.1 Å². The molecule has 4 aromatic rings. The Balaban J connectivity index is 2.01.